The second kappa shape index (κ2) is 7.11. The molecule has 0 aliphatic carbocycles. The molecule has 0 saturated heterocycles. The van der Waals surface area contributed by atoms with Crippen LogP contribution in [0.1, 0.15) is 32.3 Å². The zero-order chi connectivity index (χ0) is 16.1. The van der Waals surface area contributed by atoms with Gasteiger partial charge in [0.25, 0.3) is 5.91 Å². The van der Waals surface area contributed by atoms with Crippen molar-refractivity contribution >= 4 is 18.0 Å². The first-order valence-electron chi connectivity index (χ1n) is 7.52. The molecule has 1 atom stereocenters. The van der Waals surface area contributed by atoms with E-state index in [9.17, 15) is 14.7 Å². The van der Waals surface area contributed by atoms with Gasteiger partial charge in [0.2, 0.25) is 0 Å². The van der Waals surface area contributed by atoms with Crippen molar-refractivity contribution in [2.75, 3.05) is 6.61 Å². The molecule has 5 nitrogen and oxygen atoms in total. The number of nitrogens with one attached hydrogen (secondary N) is 1. The third-order valence-electron chi connectivity index (χ3n) is 4.00. The van der Waals surface area contributed by atoms with Crippen LogP contribution >= 0.6 is 0 Å². The van der Waals surface area contributed by atoms with Crippen molar-refractivity contribution in [2.45, 2.75) is 32.7 Å². The minimum atomic E-state index is -1.00. The zero-order valence-corrected chi connectivity index (χ0v) is 12.8. The Kier molecular flexibility index (Phi) is 5.20. The standard InChI is InChI=1S/C17H21NO4/c1-3-11(4-2)15(17(20)21)18-16(19)13-9-12-7-5-6-8-14(12)22-10-13/h5-9,11,15H,3-4,10H2,1-2H3,(H,18,19)(H,20,21). The molecule has 1 aliphatic rings. The van der Waals surface area contributed by atoms with Crippen molar-refractivity contribution in [3.05, 3.63) is 35.4 Å². The van der Waals surface area contributed by atoms with Crippen molar-refractivity contribution in [3.63, 3.8) is 0 Å². The number of carbonyl (C=O) groups excluding carboxylic acids is 1. The maximum absolute atomic E-state index is 12.3. The van der Waals surface area contributed by atoms with Crippen molar-refractivity contribution < 1.29 is 19.4 Å². The molecule has 0 fully saturated rings. The van der Waals surface area contributed by atoms with Crippen LogP contribution in [-0.4, -0.2) is 29.6 Å². The first-order valence-corrected chi connectivity index (χ1v) is 7.52. The van der Waals surface area contributed by atoms with Crippen LogP contribution in [0.25, 0.3) is 6.08 Å². The third-order valence-corrected chi connectivity index (χ3v) is 4.00. The molecule has 0 bridgehead atoms. The number of aliphatic carboxylic acids is 1. The molecule has 1 aromatic rings. The number of amides is 1. The van der Waals surface area contributed by atoms with E-state index in [1.54, 1.807) is 6.08 Å². The number of benzene rings is 1. The maximum atomic E-state index is 12.3. The van der Waals surface area contributed by atoms with Crippen LogP contribution in [0.5, 0.6) is 5.75 Å². The van der Waals surface area contributed by atoms with E-state index in [0.717, 1.165) is 11.3 Å². The molecule has 0 aromatic heterocycles. The molecule has 1 unspecified atom stereocenters. The molecule has 1 amide bonds. The number of hydrogen-bond donors (Lipinski definition) is 2. The summed E-state index contributed by atoms with van der Waals surface area (Å²) in [5, 5.41) is 12.0. The van der Waals surface area contributed by atoms with Gasteiger partial charge in [-0.1, -0.05) is 44.9 Å². The van der Waals surface area contributed by atoms with Gasteiger partial charge < -0.3 is 15.2 Å². The molecule has 1 aromatic carbocycles. The smallest absolute Gasteiger partial charge is 0.326 e. The molecule has 2 N–H and O–H groups in total. The topological polar surface area (TPSA) is 75.6 Å². The molecular weight excluding hydrogens is 282 g/mol. The molecule has 2 rings (SSSR count). The Hall–Kier alpha value is -2.30. The van der Waals surface area contributed by atoms with Gasteiger partial charge in [-0.2, -0.15) is 0 Å². The molecule has 1 heterocycles. The molecule has 1 aliphatic heterocycles. The molecule has 22 heavy (non-hydrogen) atoms. The lowest BCUT2D eigenvalue weighted by Crippen LogP contribution is -2.46. The van der Waals surface area contributed by atoms with E-state index >= 15 is 0 Å². The number of carbonyl (C=O) groups is 2. The third kappa shape index (κ3) is 3.47. The average Bonchev–Trinajstić information content (AvgIpc) is 2.54. The minimum absolute atomic E-state index is 0.0844. The summed E-state index contributed by atoms with van der Waals surface area (Å²) in [4.78, 5) is 23.7. The molecule has 0 radical (unpaired) electrons. The van der Waals surface area contributed by atoms with E-state index in [-0.39, 0.29) is 18.4 Å². The van der Waals surface area contributed by atoms with Gasteiger partial charge in [-0.3, -0.25) is 4.79 Å². The quantitative estimate of drug-likeness (QED) is 0.846. The Labute approximate surface area is 130 Å². The SMILES string of the molecule is CCC(CC)C(NC(=O)C1=Cc2ccccc2OC1)C(=O)O. The summed E-state index contributed by atoms with van der Waals surface area (Å²) in [7, 11) is 0. The van der Waals surface area contributed by atoms with Gasteiger partial charge in [-0.05, 0) is 18.1 Å². The number of rotatable bonds is 6. The summed E-state index contributed by atoms with van der Waals surface area (Å²) in [5.74, 6) is -0.735. The summed E-state index contributed by atoms with van der Waals surface area (Å²) in [5.41, 5.74) is 1.27. The summed E-state index contributed by atoms with van der Waals surface area (Å²) in [6, 6.07) is 6.55. The van der Waals surface area contributed by atoms with E-state index < -0.39 is 12.0 Å². The molecule has 0 spiro atoms. The predicted molar refractivity (Wildman–Crippen MR) is 83.6 cm³/mol. The van der Waals surface area contributed by atoms with E-state index in [1.165, 1.54) is 0 Å². The highest BCUT2D eigenvalue weighted by Crippen LogP contribution is 2.26. The fourth-order valence-corrected chi connectivity index (χ4v) is 2.62. The van der Waals surface area contributed by atoms with Crippen molar-refractivity contribution in [2.24, 2.45) is 5.92 Å². The first kappa shape index (κ1) is 16.1. The van der Waals surface area contributed by atoms with Crippen LogP contribution in [0.3, 0.4) is 0 Å². The van der Waals surface area contributed by atoms with Crippen LogP contribution in [0.2, 0.25) is 0 Å². The van der Waals surface area contributed by atoms with E-state index in [1.807, 2.05) is 38.1 Å². The molecule has 118 valence electrons. The van der Waals surface area contributed by atoms with Crippen LogP contribution in [0.4, 0.5) is 0 Å². The average molecular weight is 303 g/mol. The Bertz CT molecular complexity index is 590. The Morgan fingerprint density at radius 2 is 1.95 bits per heavy atom. The second-order valence-corrected chi connectivity index (χ2v) is 5.36. The lowest BCUT2D eigenvalue weighted by Gasteiger charge is -2.24. The number of para-hydroxylation sites is 1. The number of carboxylic acid groups (broad SMARTS) is 1. The second-order valence-electron chi connectivity index (χ2n) is 5.36. The minimum Gasteiger partial charge on any atom is -0.488 e. The van der Waals surface area contributed by atoms with Gasteiger partial charge in [-0.15, -0.1) is 0 Å². The number of carboxylic acids is 1. The van der Waals surface area contributed by atoms with Crippen LogP contribution in [0, 0.1) is 5.92 Å². The van der Waals surface area contributed by atoms with Crippen LogP contribution in [0.15, 0.2) is 29.8 Å². The van der Waals surface area contributed by atoms with Gasteiger partial charge >= 0.3 is 5.97 Å². The summed E-state index contributed by atoms with van der Waals surface area (Å²) in [6.07, 6.45) is 3.15. The highest BCUT2D eigenvalue weighted by atomic mass is 16.5. The maximum Gasteiger partial charge on any atom is 0.326 e. The monoisotopic (exact) mass is 303 g/mol. The summed E-state index contributed by atoms with van der Waals surface area (Å²) >= 11 is 0. The van der Waals surface area contributed by atoms with Crippen LogP contribution in [-0.2, 0) is 9.59 Å². The lowest BCUT2D eigenvalue weighted by molar-refractivity contribution is -0.143. The first-order chi connectivity index (χ1) is 10.6. The number of hydrogen-bond acceptors (Lipinski definition) is 3. The molecule has 5 heteroatoms. The van der Waals surface area contributed by atoms with E-state index in [0.29, 0.717) is 18.4 Å². The number of fused-ring (bicyclic) bond motifs is 1. The molecular formula is C17H21NO4. The highest BCUT2D eigenvalue weighted by molar-refractivity contribution is 6.00. The largest absolute Gasteiger partial charge is 0.488 e. The highest BCUT2D eigenvalue weighted by Gasteiger charge is 2.29. The van der Waals surface area contributed by atoms with Gasteiger partial charge in [0.15, 0.2) is 0 Å². The van der Waals surface area contributed by atoms with Gasteiger partial charge in [-0.25, -0.2) is 4.79 Å². The van der Waals surface area contributed by atoms with E-state index in [4.69, 9.17) is 4.74 Å². The fraction of sp³-hybridized carbons (Fsp3) is 0.412. The van der Waals surface area contributed by atoms with Crippen LogP contribution < -0.4 is 10.1 Å². The summed E-state index contributed by atoms with van der Waals surface area (Å²) < 4.78 is 5.54. The van der Waals surface area contributed by atoms with Crippen molar-refractivity contribution in [3.8, 4) is 5.75 Å². The predicted octanol–water partition coefficient (Wildman–Crippen LogP) is 2.47. The zero-order valence-electron chi connectivity index (χ0n) is 12.8. The Balaban J connectivity index is 2.15. The lowest BCUT2D eigenvalue weighted by atomic mass is 9.93. The van der Waals surface area contributed by atoms with Crippen molar-refractivity contribution in [1.82, 2.24) is 5.32 Å². The molecule has 0 saturated carbocycles. The summed E-state index contributed by atoms with van der Waals surface area (Å²) in [6.45, 7) is 4.00. The Morgan fingerprint density at radius 1 is 1.27 bits per heavy atom. The fourth-order valence-electron chi connectivity index (χ4n) is 2.62. The number of ether oxygens (including phenoxy) is 1. The van der Waals surface area contributed by atoms with Crippen molar-refractivity contribution in [1.29, 1.82) is 0 Å². The van der Waals surface area contributed by atoms with Gasteiger partial charge in [0, 0.05) is 5.56 Å². The normalized spacial score (nSPS) is 14.6. The van der Waals surface area contributed by atoms with Gasteiger partial charge in [0.1, 0.15) is 18.4 Å². The Morgan fingerprint density at radius 3 is 2.59 bits per heavy atom. The van der Waals surface area contributed by atoms with Gasteiger partial charge in [0.05, 0.1) is 5.57 Å². The van der Waals surface area contributed by atoms with E-state index in [2.05, 4.69) is 5.32 Å².